The van der Waals surface area contributed by atoms with Crippen LogP contribution in [-0.4, -0.2) is 30.1 Å². The zero-order valence-electron chi connectivity index (χ0n) is 16.7. The van der Waals surface area contributed by atoms with Gasteiger partial charge >= 0.3 is 12.1 Å². The van der Waals surface area contributed by atoms with Gasteiger partial charge in [-0.05, 0) is 36.3 Å². The Morgan fingerprint density at radius 1 is 1.00 bits per heavy atom. The van der Waals surface area contributed by atoms with Gasteiger partial charge in [-0.25, -0.2) is 4.79 Å². The van der Waals surface area contributed by atoms with Crippen LogP contribution < -0.4 is 0 Å². The summed E-state index contributed by atoms with van der Waals surface area (Å²) in [7, 11) is 1.43. The molecule has 5 nitrogen and oxygen atoms in total. The number of benzene rings is 2. The number of ether oxygens (including phenoxy) is 2. The average Bonchev–Trinajstić information content (AvgIpc) is 2.78. The molecule has 1 aliphatic carbocycles. The van der Waals surface area contributed by atoms with Crippen LogP contribution in [0.15, 0.2) is 60.7 Å². The molecule has 2 aromatic rings. The standard InChI is InChI=1S/C24H27NO4/c1-28-23(26)21-19-13-8-14-20(15-19)25(22(21)18-11-6-3-7-12-18)24(27)29-16-17-9-4-2-5-10-17/h2-7,9-12,19-22H,8,13-16H2,1H3/t19-,20+,21+,22+/m1/s1. The lowest BCUT2D eigenvalue weighted by atomic mass is 9.68. The third kappa shape index (κ3) is 4.00. The van der Waals surface area contributed by atoms with Crippen LogP contribution in [0.4, 0.5) is 4.79 Å². The van der Waals surface area contributed by atoms with Gasteiger partial charge in [0.2, 0.25) is 0 Å². The minimum atomic E-state index is -0.372. The molecule has 2 bridgehead atoms. The molecule has 0 N–H and O–H groups in total. The Bertz CT molecular complexity index is 838. The number of carbonyl (C=O) groups is 2. The van der Waals surface area contributed by atoms with Gasteiger partial charge in [-0.2, -0.15) is 0 Å². The van der Waals surface area contributed by atoms with Crippen molar-refractivity contribution < 1.29 is 19.1 Å². The van der Waals surface area contributed by atoms with Crippen LogP contribution in [-0.2, 0) is 20.9 Å². The van der Waals surface area contributed by atoms with E-state index in [1.807, 2.05) is 65.6 Å². The number of methoxy groups -OCH3 is 1. The molecule has 2 aliphatic rings. The summed E-state index contributed by atoms with van der Waals surface area (Å²) >= 11 is 0. The summed E-state index contributed by atoms with van der Waals surface area (Å²) in [6, 6.07) is 19.2. The monoisotopic (exact) mass is 393 g/mol. The molecule has 0 unspecified atom stereocenters. The van der Waals surface area contributed by atoms with Crippen LogP contribution >= 0.6 is 0 Å². The quantitative estimate of drug-likeness (QED) is 0.705. The maximum atomic E-state index is 13.3. The number of hydrogen-bond acceptors (Lipinski definition) is 4. The molecular formula is C24H27NO4. The summed E-state index contributed by atoms with van der Waals surface area (Å²) in [4.78, 5) is 27.9. The second-order valence-electron chi connectivity index (χ2n) is 7.93. The molecule has 0 radical (unpaired) electrons. The van der Waals surface area contributed by atoms with E-state index in [0.717, 1.165) is 36.8 Å². The molecule has 2 aromatic carbocycles. The van der Waals surface area contributed by atoms with Crippen molar-refractivity contribution in [1.82, 2.24) is 4.90 Å². The van der Waals surface area contributed by atoms with Crippen LogP contribution in [0.25, 0.3) is 0 Å². The zero-order valence-corrected chi connectivity index (χ0v) is 16.7. The van der Waals surface area contributed by atoms with E-state index in [1.165, 1.54) is 7.11 Å². The van der Waals surface area contributed by atoms with Gasteiger partial charge < -0.3 is 9.47 Å². The lowest BCUT2D eigenvalue weighted by molar-refractivity contribution is -0.155. The number of amides is 1. The Kier molecular flexibility index (Phi) is 5.84. The Balaban J connectivity index is 1.66. The first-order valence-electron chi connectivity index (χ1n) is 10.3. The SMILES string of the molecule is COC(=O)[C@H]1[C@@H]2CCC[C@@H](C2)N(C(=O)OCc2ccccc2)[C@H]1c1ccccc1. The third-order valence-corrected chi connectivity index (χ3v) is 6.26. The van der Waals surface area contributed by atoms with Gasteiger partial charge in [-0.15, -0.1) is 0 Å². The Morgan fingerprint density at radius 2 is 1.69 bits per heavy atom. The van der Waals surface area contributed by atoms with E-state index >= 15 is 0 Å². The largest absolute Gasteiger partial charge is 0.469 e. The second-order valence-corrected chi connectivity index (χ2v) is 7.93. The number of piperidine rings is 1. The molecule has 1 saturated heterocycles. The maximum Gasteiger partial charge on any atom is 0.410 e. The highest BCUT2D eigenvalue weighted by atomic mass is 16.6. The Hall–Kier alpha value is -2.82. The number of rotatable bonds is 4. The van der Waals surface area contributed by atoms with Crippen molar-refractivity contribution in [2.24, 2.45) is 11.8 Å². The van der Waals surface area contributed by atoms with E-state index in [0.29, 0.717) is 0 Å². The number of carbonyl (C=O) groups excluding carboxylic acids is 2. The van der Waals surface area contributed by atoms with Gasteiger partial charge in [0, 0.05) is 6.04 Å². The lowest BCUT2D eigenvalue weighted by Crippen LogP contribution is -2.55. The second kappa shape index (κ2) is 8.68. The van der Waals surface area contributed by atoms with Crippen molar-refractivity contribution in [1.29, 1.82) is 0 Å². The average molecular weight is 393 g/mol. The van der Waals surface area contributed by atoms with Gasteiger partial charge in [0.15, 0.2) is 0 Å². The van der Waals surface area contributed by atoms with Gasteiger partial charge in [0.25, 0.3) is 0 Å². The molecular weight excluding hydrogens is 366 g/mol. The zero-order chi connectivity index (χ0) is 20.2. The van der Waals surface area contributed by atoms with Crippen LogP contribution in [0.1, 0.15) is 42.9 Å². The fraction of sp³-hybridized carbons (Fsp3) is 0.417. The van der Waals surface area contributed by atoms with Crippen molar-refractivity contribution in [3.05, 3.63) is 71.8 Å². The highest BCUT2D eigenvalue weighted by molar-refractivity contribution is 5.77. The molecule has 0 spiro atoms. The summed E-state index contributed by atoms with van der Waals surface area (Å²) in [6.07, 6.45) is 3.40. The van der Waals surface area contributed by atoms with Gasteiger partial charge in [-0.3, -0.25) is 9.69 Å². The molecule has 1 amide bonds. The molecule has 1 aliphatic heterocycles. The molecule has 4 rings (SSSR count). The lowest BCUT2D eigenvalue weighted by Gasteiger charge is -2.51. The minimum absolute atomic E-state index is 0.0862. The first-order chi connectivity index (χ1) is 14.2. The van der Waals surface area contributed by atoms with Crippen molar-refractivity contribution in [2.75, 3.05) is 7.11 Å². The van der Waals surface area contributed by atoms with E-state index in [1.54, 1.807) is 0 Å². The van der Waals surface area contributed by atoms with Crippen LogP contribution in [0.5, 0.6) is 0 Å². The van der Waals surface area contributed by atoms with Crippen molar-refractivity contribution in [3.8, 4) is 0 Å². The van der Waals surface area contributed by atoms with Crippen molar-refractivity contribution in [2.45, 2.75) is 44.4 Å². The molecule has 152 valence electrons. The summed E-state index contributed by atoms with van der Waals surface area (Å²) in [5.74, 6) is -0.391. The number of nitrogens with zero attached hydrogens (tertiary/aromatic N) is 1. The van der Waals surface area contributed by atoms with E-state index < -0.39 is 0 Å². The Labute approximate surface area is 171 Å². The molecule has 1 saturated carbocycles. The maximum absolute atomic E-state index is 13.3. The van der Waals surface area contributed by atoms with Crippen molar-refractivity contribution >= 4 is 12.1 Å². The smallest absolute Gasteiger partial charge is 0.410 e. The predicted octanol–water partition coefficient (Wildman–Crippen LogP) is 4.73. The fourth-order valence-corrected chi connectivity index (χ4v) is 4.97. The van der Waals surface area contributed by atoms with E-state index in [4.69, 9.17) is 9.47 Å². The first kappa shape index (κ1) is 19.5. The van der Waals surface area contributed by atoms with Crippen molar-refractivity contribution in [3.63, 3.8) is 0 Å². The highest BCUT2D eigenvalue weighted by Gasteiger charge is 2.51. The minimum Gasteiger partial charge on any atom is -0.469 e. The molecule has 29 heavy (non-hydrogen) atoms. The number of likely N-dealkylation sites (tertiary alicyclic amines) is 1. The highest BCUT2D eigenvalue weighted by Crippen LogP contribution is 2.48. The van der Waals surface area contributed by atoms with Crippen LogP contribution in [0.2, 0.25) is 0 Å². The van der Waals surface area contributed by atoms with E-state index in [-0.39, 0.29) is 42.6 Å². The first-order valence-corrected chi connectivity index (χ1v) is 10.3. The summed E-state index contributed by atoms with van der Waals surface area (Å²) in [5.41, 5.74) is 1.90. The van der Waals surface area contributed by atoms with Gasteiger partial charge in [-0.1, -0.05) is 67.1 Å². The molecule has 2 fully saturated rings. The van der Waals surface area contributed by atoms with Gasteiger partial charge in [0.1, 0.15) is 6.61 Å². The van der Waals surface area contributed by atoms with Crippen LogP contribution in [0.3, 0.4) is 0 Å². The molecule has 4 atom stereocenters. The Morgan fingerprint density at radius 3 is 2.38 bits per heavy atom. The van der Waals surface area contributed by atoms with Gasteiger partial charge in [0.05, 0.1) is 19.1 Å². The predicted molar refractivity (Wildman–Crippen MR) is 109 cm³/mol. The number of fused-ring (bicyclic) bond motifs is 2. The summed E-state index contributed by atoms with van der Waals surface area (Å²) in [6.45, 7) is 0.219. The topological polar surface area (TPSA) is 55.8 Å². The summed E-state index contributed by atoms with van der Waals surface area (Å²) in [5, 5.41) is 0. The molecule has 1 heterocycles. The normalized spacial score (nSPS) is 25.9. The third-order valence-electron chi connectivity index (χ3n) is 6.26. The fourth-order valence-electron chi connectivity index (χ4n) is 4.97. The van der Waals surface area contributed by atoms with E-state index in [9.17, 15) is 9.59 Å². The van der Waals surface area contributed by atoms with E-state index in [2.05, 4.69) is 0 Å². The molecule has 5 heteroatoms. The number of esters is 1. The molecule has 0 aromatic heterocycles. The summed E-state index contributed by atoms with van der Waals surface area (Å²) < 4.78 is 10.9. The number of hydrogen-bond donors (Lipinski definition) is 0. The van der Waals surface area contributed by atoms with Crippen LogP contribution in [0, 0.1) is 11.8 Å².